The molecule has 0 saturated carbocycles. The van der Waals surface area contributed by atoms with Crippen LogP contribution in [0.5, 0.6) is 0 Å². The maximum absolute atomic E-state index is 10.1. The predicted octanol–water partition coefficient (Wildman–Crippen LogP) is 0.473. The van der Waals surface area contributed by atoms with Gasteiger partial charge in [0.1, 0.15) is 11.9 Å². The van der Waals surface area contributed by atoms with E-state index in [-0.39, 0.29) is 5.28 Å². The van der Waals surface area contributed by atoms with Gasteiger partial charge in [0.25, 0.3) is 0 Å². The minimum absolute atomic E-state index is 0.199. The molecule has 0 aromatic carbocycles. The van der Waals surface area contributed by atoms with E-state index in [9.17, 15) is 5.11 Å². The van der Waals surface area contributed by atoms with E-state index in [1.165, 1.54) is 11.0 Å². The molecule has 1 N–H and O–H groups in total. The Morgan fingerprint density at radius 2 is 2.57 bits per heavy atom. The fourth-order valence-electron chi connectivity index (χ4n) is 1.61. The minimum Gasteiger partial charge on any atom is -0.386 e. The summed E-state index contributed by atoms with van der Waals surface area (Å²) in [5.74, 6) is 0. The van der Waals surface area contributed by atoms with Crippen molar-refractivity contribution in [1.82, 2.24) is 14.8 Å². The summed E-state index contributed by atoms with van der Waals surface area (Å²) in [5, 5.41) is 14.2. The minimum atomic E-state index is -0.824. The lowest BCUT2D eigenvalue weighted by molar-refractivity contribution is -0.0958. The normalized spacial score (nSPS) is 27.9. The molecule has 1 aromatic heterocycles. The third-order valence-corrected chi connectivity index (χ3v) is 2.44. The first-order valence-electron chi connectivity index (χ1n) is 4.53. The molecule has 1 aliphatic rings. The smallest absolute Gasteiger partial charge is 0.242 e. The van der Waals surface area contributed by atoms with E-state index in [2.05, 4.69) is 10.1 Å². The predicted molar refractivity (Wildman–Crippen MR) is 50.0 cm³/mol. The Bertz CT molecular complexity index is 309. The molecule has 2 heterocycles. The largest absolute Gasteiger partial charge is 0.386 e. The van der Waals surface area contributed by atoms with E-state index in [1.807, 2.05) is 0 Å². The molecule has 2 rings (SSSR count). The number of aromatic nitrogens is 3. The Balaban J connectivity index is 2.01. The maximum atomic E-state index is 10.1. The molecule has 1 saturated heterocycles. The van der Waals surface area contributed by atoms with Gasteiger partial charge < -0.3 is 9.84 Å². The molecule has 1 aliphatic heterocycles. The lowest BCUT2D eigenvalue weighted by Gasteiger charge is -2.31. The number of nitrogens with zero attached hydrogens (tertiary/aromatic N) is 3. The monoisotopic (exact) mass is 217 g/mol. The van der Waals surface area contributed by atoms with Crippen molar-refractivity contribution in [1.29, 1.82) is 0 Å². The molecule has 14 heavy (non-hydrogen) atoms. The van der Waals surface area contributed by atoms with Crippen LogP contribution in [0.15, 0.2) is 6.33 Å². The van der Waals surface area contributed by atoms with E-state index in [4.69, 9.17) is 16.3 Å². The van der Waals surface area contributed by atoms with E-state index < -0.39 is 5.60 Å². The van der Waals surface area contributed by atoms with Crippen molar-refractivity contribution in [3.05, 3.63) is 11.6 Å². The molecule has 5 nitrogen and oxygen atoms in total. The Labute approximate surface area is 86.7 Å². The quantitative estimate of drug-likeness (QED) is 0.783. The van der Waals surface area contributed by atoms with Crippen LogP contribution in [-0.2, 0) is 11.3 Å². The Kier molecular flexibility index (Phi) is 2.71. The van der Waals surface area contributed by atoms with Crippen molar-refractivity contribution in [3.8, 4) is 0 Å². The van der Waals surface area contributed by atoms with Crippen LogP contribution in [0.2, 0.25) is 5.28 Å². The average molecular weight is 218 g/mol. The van der Waals surface area contributed by atoms with Crippen molar-refractivity contribution in [2.45, 2.75) is 25.0 Å². The van der Waals surface area contributed by atoms with Crippen LogP contribution in [0, 0.1) is 0 Å². The highest BCUT2D eigenvalue weighted by Crippen LogP contribution is 2.20. The number of hydrogen-bond donors (Lipinski definition) is 1. The van der Waals surface area contributed by atoms with Gasteiger partial charge in [-0.25, -0.2) is 9.67 Å². The first kappa shape index (κ1) is 9.89. The van der Waals surface area contributed by atoms with Crippen LogP contribution in [0.3, 0.4) is 0 Å². The number of aliphatic hydroxyl groups is 1. The third kappa shape index (κ3) is 2.23. The van der Waals surface area contributed by atoms with Gasteiger partial charge in [0.2, 0.25) is 5.28 Å². The lowest BCUT2D eigenvalue weighted by atomic mass is 9.97. The SMILES string of the molecule is OC1(Cn2cnc(Cl)n2)CCCOC1. The summed E-state index contributed by atoms with van der Waals surface area (Å²) < 4.78 is 6.76. The Morgan fingerprint density at radius 3 is 3.14 bits per heavy atom. The standard InChI is InChI=1S/C8H12ClN3O2/c9-7-10-6-12(11-7)4-8(13)2-1-3-14-5-8/h6,13H,1-5H2. The fourth-order valence-corrected chi connectivity index (χ4v) is 1.75. The molecular weight excluding hydrogens is 206 g/mol. The molecule has 78 valence electrons. The van der Waals surface area contributed by atoms with Gasteiger partial charge in [-0.3, -0.25) is 0 Å². The van der Waals surface area contributed by atoms with Crippen molar-refractivity contribution >= 4 is 11.6 Å². The van der Waals surface area contributed by atoms with Crippen LogP contribution >= 0.6 is 11.6 Å². The van der Waals surface area contributed by atoms with Gasteiger partial charge in [-0.1, -0.05) is 0 Å². The number of ether oxygens (including phenoxy) is 1. The molecule has 0 amide bonds. The lowest BCUT2D eigenvalue weighted by Crippen LogP contribution is -2.42. The van der Waals surface area contributed by atoms with Crippen LogP contribution in [0.25, 0.3) is 0 Å². The Morgan fingerprint density at radius 1 is 1.71 bits per heavy atom. The first-order chi connectivity index (χ1) is 6.68. The topological polar surface area (TPSA) is 60.2 Å². The van der Waals surface area contributed by atoms with Gasteiger partial charge in [-0.15, -0.1) is 5.10 Å². The molecule has 1 fully saturated rings. The highest BCUT2D eigenvalue weighted by molar-refractivity contribution is 6.28. The number of rotatable bonds is 2. The average Bonchev–Trinajstić information content (AvgIpc) is 2.51. The molecule has 6 heteroatoms. The van der Waals surface area contributed by atoms with Crippen LogP contribution in [0.4, 0.5) is 0 Å². The summed E-state index contributed by atoms with van der Waals surface area (Å²) in [6.45, 7) is 1.46. The van der Waals surface area contributed by atoms with Crippen LogP contribution < -0.4 is 0 Å². The molecule has 0 spiro atoms. The molecule has 1 unspecified atom stereocenters. The maximum Gasteiger partial charge on any atom is 0.242 e. The highest BCUT2D eigenvalue weighted by atomic mass is 35.5. The highest BCUT2D eigenvalue weighted by Gasteiger charge is 2.30. The second-order valence-corrected chi connectivity index (χ2v) is 3.93. The summed E-state index contributed by atoms with van der Waals surface area (Å²) in [6.07, 6.45) is 3.11. The van der Waals surface area contributed by atoms with Gasteiger partial charge in [0.15, 0.2) is 0 Å². The molecule has 0 bridgehead atoms. The van der Waals surface area contributed by atoms with Crippen molar-refractivity contribution in [2.24, 2.45) is 0 Å². The van der Waals surface area contributed by atoms with E-state index in [0.29, 0.717) is 13.2 Å². The van der Waals surface area contributed by atoms with Gasteiger partial charge in [-0.05, 0) is 24.4 Å². The van der Waals surface area contributed by atoms with E-state index in [0.717, 1.165) is 19.4 Å². The summed E-state index contributed by atoms with van der Waals surface area (Å²) >= 11 is 5.57. The van der Waals surface area contributed by atoms with Crippen molar-refractivity contribution in [3.63, 3.8) is 0 Å². The Hall–Kier alpha value is -0.650. The van der Waals surface area contributed by atoms with Crippen molar-refractivity contribution < 1.29 is 9.84 Å². The summed E-state index contributed by atoms with van der Waals surface area (Å²) in [5.41, 5.74) is -0.824. The van der Waals surface area contributed by atoms with Crippen LogP contribution in [0.1, 0.15) is 12.8 Å². The summed E-state index contributed by atoms with van der Waals surface area (Å²) in [4.78, 5) is 3.78. The first-order valence-corrected chi connectivity index (χ1v) is 4.91. The van der Waals surface area contributed by atoms with Gasteiger partial charge in [0.05, 0.1) is 13.2 Å². The summed E-state index contributed by atoms with van der Waals surface area (Å²) in [7, 11) is 0. The van der Waals surface area contributed by atoms with E-state index in [1.54, 1.807) is 0 Å². The zero-order valence-corrected chi connectivity index (χ0v) is 8.44. The van der Waals surface area contributed by atoms with Gasteiger partial charge >= 0.3 is 0 Å². The number of halogens is 1. The zero-order chi connectivity index (χ0) is 10.0. The number of hydrogen-bond acceptors (Lipinski definition) is 4. The van der Waals surface area contributed by atoms with Crippen molar-refractivity contribution in [2.75, 3.05) is 13.2 Å². The van der Waals surface area contributed by atoms with Gasteiger partial charge in [0, 0.05) is 6.61 Å². The summed E-state index contributed by atoms with van der Waals surface area (Å²) in [6, 6.07) is 0. The van der Waals surface area contributed by atoms with Crippen LogP contribution in [-0.4, -0.2) is 38.7 Å². The molecule has 1 atom stereocenters. The second-order valence-electron chi connectivity index (χ2n) is 3.59. The fraction of sp³-hybridized carbons (Fsp3) is 0.750. The molecule has 0 aliphatic carbocycles. The zero-order valence-electron chi connectivity index (χ0n) is 7.69. The second kappa shape index (κ2) is 3.84. The van der Waals surface area contributed by atoms with Gasteiger partial charge in [-0.2, -0.15) is 0 Å². The molecular formula is C8H12ClN3O2. The molecule has 1 aromatic rings. The third-order valence-electron chi connectivity index (χ3n) is 2.27. The molecule has 0 radical (unpaired) electrons. The van der Waals surface area contributed by atoms with E-state index >= 15 is 0 Å².